The van der Waals surface area contributed by atoms with E-state index in [0.717, 1.165) is 5.56 Å². The molecule has 0 spiro atoms. The number of likely N-dealkylation sites (tertiary alicyclic amines) is 1. The zero-order valence-electron chi connectivity index (χ0n) is 17.2. The van der Waals surface area contributed by atoms with Crippen LogP contribution in [0.15, 0.2) is 48.7 Å². The summed E-state index contributed by atoms with van der Waals surface area (Å²) in [5.41, 5.74) is 2.32. The number of amides is 2. The molecule has 3 aromatic rings. The Morgan fingerprint density at radius 1 is 1.31 bits per heavy atom. The summed E-state index contributed by atoms with van der Waals surface area (Å²) >= 11 is 0. The molecule has 2 aromatic carbocycles. The number of nitrogens with zero attached hydrogens (tertiary/aromatic N) is 4. The van der Waals surface area contributed by atoms with E-state index in [-0.39, 0.29) is 17.4 Å². The zero-order valence-corrected chi connectivity index (χ0v) is 17.2. The Morgan fingerprint density at radius 3 is 2.75 bits per heavy atom. The topological polar surface area (TPSA) is 111 Å². The fraction of sp³-hybridized carbons (Fsp3) is 0.217. The third-order valence-corrected chi connectivity index (χ3v) is 5.37. The smallest absolute Gasteiger partial charge is 0.276 e. The van der Waals surface area contributed by atoms with E-state index in [2.05, 4.69) is 16.5 Å². The first-order valence-electron chi connectivity index (χ1n) is 9.99. The molecule has 2 amide bonds. The Hall–Kier alpha value is -4.19. The van der Waals surface area contributed by atoms with Crippen molar-refractivity contribution in [3.05, 3.63) is 76.9 Å². The molecular formula is C23H20FN5O3. The van der Waals surface area contributed by atoms with Gasteiger partial charge in [-0.1, -0.05) is 12.1 Å². The van der Waals surface area contributed by atoms with Crippen molar-refractivity contribution in [3.63, 3.8) is 0 Å². The van der Waals surface area contributed by atoms with Crippen LogP contribution in [-0.4, -0.2) is 44.2 Å². The minimum atomic E-state index is -0.724. The molecule has 0 aliphatic carbocycles. The van der Waals surface area contributed by atoms with Crippen molar-refractivity contribution in [1.82, 2.24) is 20.0 Å². The van der Waals surface area contributed by atoms with Crippen molar-refractivity contribution in [2.24, 2.45) is 0 Å². The third-order valence-electron chi connectivity index (χ3n) is 5.37. The number of nitrogens with one attached hydrogen (secondary N) is 1. The molecule has 1 aromatic heterocycles. The van der Waals surface area contributed by atoms with E-state index >= 15 is 0 Å². The van der Waals surface area contributed by atoms with Crippen LogP contribution in [0.5, 0.6) is 5.75 Å². The SMILES string of the molecule is Cc1cc(F)ccc1-n1cc(O)c(C(=O)NC2CCN(Cc3ccc(C#N)cc3)C2=O)n1. The van der Waals surface area contributed by atoms with E-state index in [9.17, 15) is 19.1 Å². The maximum absolute atomic E-state index is 13.4. The summed E-state index contributed by atoms with van der Waals surface area (Å²) in [6.07, 6.45) is 1.70. The molecule has 4 rings (SSSR count). The normalized spacial score (nSPS) is 15.6. The van der Waals surface area contributed by atoms with E-state index in [1.807, 2.05) is 0 Å². The van der Waals surface area contributed by atoms with Gasteiger partial charge >= 0.3 is 0 Å². The van der Waals surface area contributed by atoms with Crippen molar-refractivity contribution < 1.29 is 19.1 Å². The Balaban J connectivity index is 1.43. The van der Waals surface area contributed by atoms with Gasteiger partial charge in [0, 0.05) is 13.1 Å². The summed E-state index contributed by atoms with van der Waals surface area (Å²) in [6, 6.07) is 12.4. The number of benzene rings is 2. The molecular weight excluding hydrogens is 413 g/mol. The average molecular weight is 433 g/mol. The van der Waals surface area contributed by atoms with Gasteiger partial charge in [-0.3, -0.25) is 9.59 Å². The standard InChI is InChI=1S/C23H20FN5O3/c1-14-10-17(24)6-7-19(14)29-13-20(30)21(27-29)22(31)26-18-8-9-28(23(18)32)12-16-4-2-15(11-25)3-5-16/h2-7,10,13,18,30H,8-9,12H2,1H3,(H,26,31). The molecule has 32 heavy (non-hydrogen) atoms. The van der Waals surface area contributed by atoms with Gasteiger partial charge in [-0.25, -0.2) is 9.07 Å². The van der Waals surface area contributed by atoms with Crippen LogP contribution in [0.2, 0.25) is 0 Å². The van der Waals surface area contributed by atoms with Crippen molar-refractivity contribution in [3.8, 4) is 17.5 Å². The molecule has 0 radical (unpaired) electrons. The Morgan fingerprint density at radius 2 is 2.06 bits per heavy atom. The molecule has 1 unspecified atom stereocenters. The lowest BCUT2D eigenvalue weighted by atomic mass is 10.1. The minimum absolute atomic E-state index is 0.216. The van der Waals surface area contributed by atoms with Crippen LogP contribution in [0, 0.1) is 24.1 Å². The van der Waals surface area contributed by atoms with E-state index in [0.29, 0.717) is 36.3 Å². The number of aryl methyl sites for hydroxylation is 1. The maximum atomic E-state index is 13.4. The molecule has 1 atom stereocenters. The van der Waals surface area contributed by atoms with E-state index in [1.54, 1.807) is 36.1 Å². The summed E-state index contributed by atoms with van der Waals surface area (Å²) < 4.78 is 14.6. The molecule has 1 fully saturated rings. The van der Waals surface area contributed by atoms with Crippen molar-refractivity contribution in [1.29, 1.82) is 5.26 Å². The monoisotopic (exact) mass is 433 g/mol. The number of halogens is 1. The number of hydrogen-bond acceptors (Lipinski definition) is 5. The van der Waals surface area contributed by atoms with Gasteiger partial charge in [0.15, 0.2) is 11.4 Å². The predicted octanol–water partition coefficient (Wildman–Crippen LogP) is 2.43. The fourth-order valence-electron chi connectivity index (χ4n) is 3.69. The van der Waals surface area contributed by atoms with Gasteiger partial charge in [-0.15, -0.1) is 0 Å². The summed E-state index contributed by atoms with van der Waals surface area (Å²) in [7, 11) is 0. The van der Waals surface area contributed by atoms with Crippen LogP contribution in [0.25, 0.3) is 5.69 Å². The van der Waals surface area contributed by atoms with Crippen molar-refractivity contribution in [2.45, 2.75) is 25.9 Å². The van der Waals surface area contributed by atoms with Crippen molar-refractivity contribution >= 4 is 11.8 Å². The Kier molecular flexibility index (Phi) is 5.60. The van der Waals surface area contributed by atoms with E-state index in [1.165, 1.54) is 29.1 Å². The number of carbonyl (C=O) groups excluding carboxylic acids is 2. The van der Waals surface area contributed by atoms with E-state index in [4.69, 9.17) is 5.26 Å². The molecule has 0 bridgehead atoms. The number of hydrogen-bond donors (Lipinski definition) is 2. The summed E-state index contributed by atoms with van der Waals surface area (Å²) in [4.78, 5) is 27.0. The van der Waals surface area contributed by atoms with Crippen LogP contribution < -0.4 is 5.32 Å². The first-order valence-corrected chi connectivity index (χ1v) is 9.99. The molecule has 162 valence electrons. The van der Waals surface area contributed by atoms with Gasteiger partial charge in [0.25, 0.3) is 5.91 Å². The van der Waals surface area contributed by atoms with Gasteiger partial charge in [-0.05, 0) is 54.8 Å². The first-order chi connectivity index (χ1) is 15.4. The van der Waals surface area contributed by atoms with Gasteiger partial charge in [0.2, 0.25) is 5.91 Å². The molecule has 2 heterocycles. The number of carbonyl (C=O) groups is 2. The highest BCUT2D eigenvalue weighted by Crippen LogP contribution is 2.22. The summed E-state index contributed by atoms with van der Waals surface area (Å²) in [6.45, 7) is 2.54. The Bertz CT molecular complexity index is 1230. The number of nitriles is 1. The maximum Gasteiger partial charge on any atom is 0.276 e. The second-order valence-electron chi connectivity index (χ2n) is 7.62. The number of aromatic nitrogens is 2. The number of rotatable bonds is 5. The number of aromatic hydroxyl groups is 1. The third kappa shape index (κ3) is 4.16. The average Bonchev–Trinajstić information content (AvgIpc) is 3.32. The minimum Gasteiger partial charge on any atom is -0.504 e. The van der Waals surface area contributed by atoms with E-state index < -0.39 is 17.8 Å². The van der Waals surface area contributed by atoms with Crippen LogP contribution in [-0.2, 0) is 11.3 Å². The molecule has 0 saturated carbocycles. The zero-order chi connectivity index (χ0) is 22.8. The largest absolute Gasteiger partial charge is 0.504 e. The fourth-order valence-corrected chi connectivity index (χ4v) is 3.69. The van der Waals surface area contributed by atoms with Crippen LogP contribution in [0.4, 0.5) is 4.39 Å². The molecule has 1 aliphatic rings. The highest BCUT2D eigenvalue weighted by atomic mass is 19.1. The van der Waals surface area contributed by atoms with Crippen molar-refractivity contribution in [2.75, 3.05) is 6.54 Å². The summed E-state index contributed by atoms with van der Waals surface area (Å²) in [5, 5.41) is 25.8. The van der Waals surface area contributed by atoms with Gasteiger partial charge in [-0.2, -0.15) is 10.4 Å². The molecule has 8 nitrogen and oxygen atoms in total. The lowest BCUT2D eigenvalue weighted by molar-refractivity contribution is -0.129. The van der Waals surface area contributed by atoms with Gasteiger partial charge in [0.05, 0.1) is 23.5 Å². The molecule has 1 saturated heterocycles. The molecule has 1 aliphatic heterocycles. The second kappa shape index (κ2) is 8.51. The molecule has 9 heteroatoms. The summed E-state index contributed by atoms with van der Waals surface area (Å²) in [5.74, 6) is -1.63. The van der Waals surface area contributed by atoms with Crippen LogP contribution in [0.3, 0.4) is 0 Å². The quantitative estimate of drug-likeness (QED) is 0.642. The van der Waals surface area contributed by atoms with Crippen LogP contribution >= 0.6 is 0 Å². The van der Waals surface area contributed by atoms with Gasteiger partial charge in [0.1, 0.15) is 11.9 Å². The lowest BCUT2D eigenvalue weighted by Crippen LogP contribution is -2.41. The predicted molar refractivity (Wildman–Crippen MR) is 112 cm³/mol. The molecule has 2 N–H and O–H groups in total. The van der Waals surface area contributed by atoms with Gasteiger partial charge < -0.3 is 15.3 Å². The first kappa shape index (κ1) is 21.1. The highest BCUT2D eigenvalue weighted by molar-refractivity contribution is 5.98. The lowest BCUT2D eigenvalue weighted by Gasteiger charge is -2.17. The Labute approximate surface area is 183 Å². The highest BCUT2D eigenvalue weighted by Gasteiger charge is 2.34. The second-order valence-corrected chi connectivity index (χ2v) is 7.62. The van der Waals surface area contributed by atoms with Crippen LogP contribution in [0.1, 0.15) is 33.6 Å².